The van der Waals surface area contributed by atoms with Gasteiger partial charge in [-0.05, 0) is 6.07 Å². The number of halogens is 2. The van der Waals surface area contributed by atoms with Crippen molar-refractivity contribution in [2.45, 2.75) is 26.4 Å². The van der Waals surface area contributed by atoms with Gasteiger partial charge < -0.3 is 10.6 Å². The van der Waals surface area contributed by atoms with Gasteiger partial charge >= 0.3 is 0 Å². The Bertz CT molecular complexity index is 396. The van der Waals surface area contributed by atoms with E-state index in [1.807, 2.05) is 13.8 Å². The Morgan fingerprint density at radius 2 is 2.18 bits per heavy atom. The fraction of sp³-hybridized carbons (Fsp3) is 0.417. The van der Waals surface area contributed by atoms with Gasteiger partial charge in [0.15, 0.2) is 0 Å². The maximum absolute atomic E-state index is 13.5. The molecule has 5 heteroatoms. The minimum Gasteiger partial charge on any atom is -0.351 e. The predicted octanol–water partition coefficient (Wildman–Crippen LogP) is 2.09. The smallest absolute Gasteiger partial charge is 0.234 e. The molecular weight excluding hydrogens is 243 g/mol. The first-order valence-electron chi connectivity index (χ1n) is 5.43. The van der Waals surface area contributed by atoms with Gasteiger partial charge in [-0.15, -0.1) is 0 Å². The molecule has 0 aliphatic carbocycles. The molecule has 0 heterocycles. The van der Waals surface area contributed by atoms with E-state index in [1.165, 1.54) is 6.07 Å². The summed E-state index contributed by atoms with van der Waals surface area (Å²) in [6.45, 7) is 4.26. The SMILES string of the molecule is CC(C)NCC(=O)NCc1cccc(Cl)c1F. The van der Waals surface area contributed by atoms with Crippen LogP contribution < -0.4 is 10.6 Å². The molecule has 1 aromatic rings. The number of hydrogen-bond donors (Lipinski definition) is 2. The van der Waals surface area contributed by atoms with Crippen LogP contribution in [0.4, 0.5) is 4.39 Å². The highest BCUT2D eigenvalue weighted by atomic mass is 35.5. The van der Waals surface area contributed by atoms with Crippen LogP contribution in [0.25, 0.3) is 0 Å². The fourth-order valence-electron chi connectivity index (χ4n) is 1.24. The fourth-order valence-corrected chi connectivity index (χ4v) is 1.43. The van der Waals surface area contributed by atoms with Crippen LogP contribution in [-0.4, -0.2) is 18.5 Å². The van der Waals surface area contributed by atoms with Crippen LogP contribution in [0, 0.1) is 5.82 Å². The lowest BCUT2D eigenvalue weighted by atomic mass is 10.2. The van der Waals surface area contributed by atoms with Gasteiger partial charge in [0.05, 0.1) is 11.6 Å². The van der Waals surface area contributed by atoms with Gasteiger partial charge in [0.2, 0.25) is 5.91 Å². The van der Waals surface area contributed by atoms with Crippen LogP contribution in [-0.2, 0) is 11.3 Å². The second-order valence-electron chi connectivity index (χ2n) is 4.03. The van der Waals surface area contributed by atoms with E-state index in [-0.39, 0.29) is 30.1 Å². The molecule has 0 aliphatic heterocycles. The van der Waals surface area contributed by atoms with Gasteiger partial charge in [-0.25, -0.2) is 4.39 Å². The summed E-state index contributed by atoms with van der Waals surface area (Å²) in [6.07, 6.45) is 0. The zero-order valence-electron chi connectivity index (χ0n) is 9.89. The molecule has 0 radical (unpaired) electrons. The number of nitrogens with one attached hydrogen (secondary N) is 2. The van der Waals surface area contributed by atoms with Gasteiger partial charge in [-0.1, -0.05) is 37.6 Å². The first-order valence-corrected chi connectivity index (χ1v) is 5.81. The third kappa shape index (κ3) is 4.71. The molecule has 0 unspecified atom stereocenters. The van der Waals surface area contributed by atoms with Gasteiger partial charge in [0.1, 0.15) is 5.82 Å². The molecule has 0 spiro atoms. The Morgan fingerprint density at radius 1 is 1.47 bits per heavy atom. The second-order valence-corrected chi connectivity index (χ2v) is 4.43. The Balaban J connectivity index is 2.45. The Kier molecular flexibility index (Phi) is 5.38. The monoisotopic (exact) mass is 258 g/mol. The van der Waals surface area contributed by atoms with Crippen molar-refractivity contribution >= 4 is 17.5 Å². The molecule has 1 aromatic carbocycles. The molecule has 0 aromatic heterocycles. The molecular formula is C12H16ClFN2O. The first-order chi connectivity index (χ1) is 8.00. The molecule has 1 rings (SSSR count). The Morgan fingerprint density at radius 3 is 2.82 bits per heavy atom. The third-order valence-electron chi connectivity index (χ3n) is 2.18. The summed E-state index contributed by atoms with van der Waals surface area (Å²) in [6, 6.07) is 4.96. The summed E-state index contributed by atoms with van der Waals surface area (Å²) in [5.74, 6) is -0.649. The van der Waals surface area contributed by atoms with Gasteiger partial charge in [-0.3, -0.25) is 4.79 Å². The number of carbonyl (C=O) groups is 1. The van der Waals surface area contributed by atoms with Crippen LogP contribution >= 0.6 is 11.6 Å². The molecule has 0 saturated carbocycles. The van der Waals surface area contributed by atoms with E-state index in [0.29, 0.717) is 5.56 Å². The quantitative estimate of drug-likeness (QED) is 0.849. The van der Waals surface area contributed by atoms with Gasteiger partial charge in [0, 0.05) is 18.2 Å². The average Bonchev–Trinajstić information content (AvgIpc) is 2.28. The van der Waals surface area contributed by atoms with Crippen LogP contribution in [0.3, 0.4) is 0 Å². The molecule has 0 fully saturated rings. The minimum absolute atomic E-state index is 0.0667. The largest absolute Gasteiger partial charge is 0.351 e. The molecule has 1 amide bonds. The van der Waals surface area contributed by atoms with Crippen molar-refractivity contribution in [3.05, 3.63) is 34.6 Å². The van der Waals surface area contributed by atoms with E-state index in [1.54, 1.807) is 12.1 Å². The molecule has 0 bridgehead atoms. The first kappa shape index (κ1) is 13.9. The van der Waals surface area contributed by atoms with Crippen molar-refractivity contribution in [3.8, 4) is 0 Å². The lowest BCUT2D eigenvalue weighted by molar-refractivity contribution is -0.120. The van der Waals surface area contributed by atoms with Crippen LogP contribution in [0.5, 0.6) is 0 Å². The number of carbonyl (C=O) groups excluding carboxylic acids is 1. The summed E-state index contributed by atoms with van der Waals surface area (Å²) < 4.78 is 13.5. The zero-order valence-corrected chi connectivity index (χ0v) is 10.6. The summed E-state index contributed by atoms with van der Waals surface area (Å²) in [7, 11) is 0. The summed E-state index contributed by atoms with van der Waals surface area (Å²) in [5, 5.41) is 5.66. The Labute approximate surface area is 105 Å². The van der Waals surface area contributed by atoms with E-state index in [0.717, 1.165) is 0 Å². The molecule has 3 nitrogen and oxygen atoms in total. The summed E-state index contributed by atoms with van der Waals surface area (Å²) in [4.78, 5) is 11.4. The van der Waals surface area contributed by atoms with Crippen LogP contribution in [0.1, 0.15) is 19.4 Å². The minimum atomic E-state index is -0.480. The van der Waals surface area contributed by atoms with Crippen LogP contribution in [0.2, 0.25) is 5.02 Å². The van der Waals surface area contributed by atoms with Crippen molar-refractivity contribution < 1.29 is 9.18 Å². The van der Waals surface area contributed by atoms with Crippen molar-refractivity contribution in [1.82, 2.24) is 10.6 Å². The van der Waals surface area contributed by atoms with Crippen LogP contribution in [0.15, 0.2) is 18.2 Å². The molecule has 0 atom stereocenters. The predicted molar refractivity (Wildman–Crippen MR) is 66.4 cm³/mol. The molecule has 2 N–H and O–H groups in total. The van der Waals surface area contributed by atoms with E-state index in [2.05, 4.69) is 10.6 Å². The van der Waals surface area contributed by atoms with Crippen molar-refractivity contribution in [2.24, 2.45) is 0 Å². The highest BCUT2D eigenvalue weighted by Crippen LogP contribution is 2.17. The highest BCUT2D eigenvalue weighted by Gasteiger charge is 2.07. The summed E-state index contributed by atoms with van der Waals surface area (Å²) >= 11 is 5.63. The van der Waals surface area contributed by atoms with E-state index in [9.17, 15) is 9.18 Å². The topological polar surface area (TPSA) is 41.1 Å². The number of benzene rings is 1. The lowest BCUT2D eigenvalue weighted by Gasteiger charge is -2.09. The van der Waals surface area contributed by atoms with Crippen molar-refractivity contribution in [3.63, 3.8) is 0 Å². The number of rotatable bonds is 5. The van der Waals surface area contributed by atoms with E-state index >= 15 is 0 Å². The molecule has 0 saturated heterocycles. The second kappa shape index (κ2) is 6.57. The third-order valence-corrected chi connectivity index (χ3v) is 2.47. The van der Waals surface area contributed by atoms with E-state index in [4.69, 9.17) is 11.6 Å². The maximum Gasteiger partial charge on any atom is 0.234 e. The standard InChI is InChI=1S/C12H16ClFN2O/c1-8(2)15-7-11(17)16-6-9-4-3-5-10(13)12(9)14/h3-5,8,15H,6-7H2,1-2H3,(H,16,17). The highest BCUT2D eigenvalue weighted by molar-refractivity contribution is 6.30. The lowest BCUT2D eigenvalue weighted by Crippen LogP contribution is -2.36. The number of hydrogen-bond acceptors (Lipinski definition) is 2. The molecule has 0 aliphatic rings. The zero-order chi connectivity index (χ0) is 12.8. The normalized spacial score (nSPS) is 10.6. The molecule has 17 heavy (non-hydrogen) atoms. The number of amides is 1. The van der Waals surface area contributed by atoms with Gasteiger partial charge in [0.25, 0.3) is 0 Å². The average molecular weight is 259 g/mol. The van der Waals surface area contributed by atoms with Gasteiger partial charge in [-0.2, -0.15) is 0 Å². The Hall–Kier alpha value is -1.13. The molecule has 94 valence electrons. The van der Waals surface area contributed by atoms with E-state index < -0.39 is 5.82 Å². The van der Waals surface area contributed by atoms with Crippen molar-refractivity contribution in [1.29, 1.82) is 0 Å². The van der Waals surface area contributed by atoms with Crippen molar-refractivity contribution in [2.75, 3.05) is 6.54 Å². The maximum atomic E-state index is 13.5. The summed E-state index contributed by atoms with van der Waals surface area (Å²) in [5.41, 5.74) is 0.385.